The Morgan fingerprint density at radius 2 is 1.87 bits per heavy atom. The van der Waals surface area contributed by atoms with E-state index in [1.54, 1.807) is 19.1 Å². The Balaban J connectivity index is 2.85. The van der Waals surface area contributed by atoms with Crippen LogP contribution in [0.4, 0.5) is 0 Å². The lowest BCUT2D eigenvalue weighted by atomic mass is 10.1. The van der Waals surface area contributed by atoms with Crippen molar-refractivity contribution in [2.75, 3.05) is 5.75 Å². The van der Waals surface area contributed by atoms with Crippen LogP contribution in [0.15, 0.2) is 24.3 Å². The predicted molar refractivity (Wildman–Crippen MR) is 63.7 cm³/mol. The van der Waals surface area contributed by atoms with Gasteiger partial charge in [0.15, 0.2) is 5.78 Å². The van der Waals surface area contributed by atoms with E-state index in [2.05, 4.69) is 0 Å². The van der Waals surface area contributed by atoms with E-state index < -0.39 is 16.0 Å². The van der Waals surface area contributed by atoms with Crippen molar-refractivity contribution in [2.45, 2.75) is 26.0 Å². The minimum absolute atomic E-state index is 0.0322. The fraction of sp³-hybridized carbons (Fsp3) is 0.417. The number of hydrogen-bond acceptors (Lipinski definition) is 2. The number of benzene rings is 1. The summed E-state index contributed by atoms with van der Waals surface area (Å²) in [6.45, 7) is 5.53. The maximum absolute atomic E-state index is 11.9. The maximum atomic E-state index is 11.9. The smallest absolute Gasteiger partial charge is 0.178 e. The minimum atomic E-state index is -1.06. The van der Waals surface area contributed by atoms with E-state index in [1.165, 1.54) is 0 Å². The van der Waals surface area contributed by atoms with Crippen LogP contribution >= 0.6 is 0 Å². The van der Waals surface area contributed by atoms with Crippen LogP contribution in [-0.2, 0) is 10.8 Å². The molecule has 0 aliphatic rings. The van der Waals surface area contributed by atoms with Crippen molar-refractivity contribution in [3.63, 3.8) is 0 Å². The van der Waals surface area contributed by atoms with Crippen LogP contribution in [0.2, 0.25) is 0 Å². The molecule has 2 nitrogen and oxygen atoms in total. The molecule has 1 aromatic carbocycles. The predicted octanol–water partition coefficient (Wildman–Crippen LogP) is 2.33. The van der Waals surface area contributed by atoms with Gasteiger partial charge in [0.05, 0.1) is 5.25 Å². The van der Waals surface area contributed by atoms with Crippen molar-refractivity contribution in [1.82, 2.24) is 0 Å². The van der Waals surface area contributed by atoms with Gasteiger partial charge in [-0.15, -0.1) is 0 Å². The average molecular weight is 224 g/mol. The molecular formula is C12H16O2S. The summed E-state index contributed by atoms with van der Waals surface area (Å²) in [6.07, 6.45) is 0. The van der Waals surface area contributed by atoms with Gasteiger partial charge < -0.3 is 0 Å². The van der Waals surface area contributed by atoms with Crippen molar-refractivity contribution >= 4 is 16.6 Å². The molecule has 0 bridgehead atoms. The summed E-state index contributed by atoms with van der Waals surface area (Å²) < 4.78 is 11.5. The topological polar surface area (TPSA) is 34.1 Å². The first-order valence-electron chi connectivity index (χ1n) is 5.04. The molecule has 0 saturated carbocycles. The number of ketones is 1. The number of Topliss-reactive ketones (excluding diaryl/α,β-unsaturated/α-hetero) is 1. The van der Waals surface area contributed by atoms with Crippen molar-refractivity contribution in [1.29, 1.82) is 0 Å². The van der Waals surface area contributed by atoms with Gasteiger partial charge in [0.1, 0.15) is 0 Å². The summed E-state index contributed by atoms with van der Waals surface area (Å²) in [5.74, 6) is 0.494. The Hall–Kier alpha value is -0.960. The first-order chi connectivity index (χ1) is 7.06. The third kappa shape index (κ3) is 2.99. The molecule has 0 aromatic heterocycles. The third-order valence-corrected chi connectivity index (χ3v) is 3.96. The zero-order chi connectivity index (χ0) is 11.4. The summed E-state index contributed by atoms with van der Waals surface area (Å²) >= 11 is 0. The normalized spacial score (nSPS) is 14.6. The van der Waals surface area contributed by atoms with Gasteiger partial charge in [-0.2, -0.15) is 0 Å². The molecule has 0 aliphatic carbocycles. The fourth-order valence-electron chi connectivity index (χ4n) is 1.32. The second-order valence-electron chi connectivity index (χ2n) is 3.54. The maximum Gasteiger partial charge on any atom is 0.178 e. The van der Waals surface area contributed by atoms with Crippen LogP contribution in [-0.4, -0.2) is 21.0 Å². The van der Waals surface area contributed by atoms with E-state index in [0.717, 1.165) is 5.56 Å². The molecule has 2 unspecified atom stereocenters. The molecule has 1 aromatic rings. The SMILES string of the molecule is CCS(=O)C(C)C(=O)c1ccc(C)cc1. The Morgan fingerprint density at radius 1 is 1.33 bits per heavy atom. The van der Waals surface area contributed by atoms with Gasteiger partial charge in [-0.25, -0.2) is 0 Å². The molecule has 1 rings (SSSR count). The zero-order valence-electron chi connectivity index (χ0n) is 9.32. The molecule has 0 spiro atoms. The van der Waals surface area contributed by atoms with Crippen LogP contribution in [0.5, 0.6) is 0 Å². The monoisotopic (exact) mass is 224 g/mol. The van der Waals surface area contributed by atoms with Crippen LogP contribution in [0, 0.1) is 6.92 Å². The van der Waals surface area contributed by atoms with Gasteiger partial charge >= 0.3 is 0 Å². The average Bonchev–Trinajstić information content (AvgIpc) is 2.27. The summed E-state index contributed by atoms with van der Waals surface area (Å²) in [6, 6.07) is 7.38. The summed E-state index contributed by atoms with van der Waals surface area (Å²) in [5, 5.41) is -0.405. The van der Waals surface area contributed by atoms with Crippen molar-refractivity contribution in [3.8, 4) is 0 Å². The number of carbonyl (C=O) groups excluding carboxylic acids is 1. The minimum Gasteiger partial charge on any atom is -0.293 e. The molecule has 0 saturated heterocycles. The van der Waals surface area contributed by atoms with Gasteiger partial charge in [-0.1, -0.05) is 36.8 Å². The molecule has 0 N–H and O–H groups in total. The largest absolute Gasteiger partial charge is 0.293 e. The van der Waals surface area contributed by atoms with E-state index in [9.17, 15) is 9.00 Å². The molecular weight excluding hydrogens is 208 g/mol. The van der Waals surface area contributed by atoms with Crippen LogP contribution in [0.3, 0.4) is 0 Å². The molecule has 0 aliphatic heterocycles. The van der Waals surface area contributed by atoms with Crippen LogP contribution in [0.25, 0.3) is 0 Å². The lowest BCUT2D eigenvalue weighted by Crippen LogP contribution is -2.23. The zero-order valence-corrected chi connectivity index (χ0v) is 10.1. The highest BCUT2D eigenvalue weighted by molar-refractivity contribution is 7.86. The standard InChI is InChI=1S/C12H16O2S/c1-4-15(14)10(3)12(13)11-7-5-9(2)6-8-11/h5-8,10H,4H2,1-3H3. The molecule has 3 heteroatoms. The van der Waals surface area contributed by atoms with E-state index in [0.29, 0.717) is 11.3 Å². The molecule has 0 radical (unpaired) electrons. The van der Waals surface area contributed by atoms with Gasteiger partial charge in [-0.3, -0.25) is 9.00 Å². The van der Waals surface area contributed by atoms with Gasteiger partial charge in [0.25, 0.3) is 0 Å². The van der Waals surface area contributed by atoms with Gasteiger partial charge in [-0.05, 0) is 13.8 Å². The summed E-state index contributed by atoms with van der Waals surface area (Å²) in [7, 11) is -1.06. The lowest BCUT2D eigenvalue weighted by Gasteiger charge is -2.08. The number of hydrogen-bond donors (Lipinski definition) is 0. The van der Waals surface area contributed by atoms with Gasteiger partial charge in [0.2, 0.25) is 0 Å². The summed E-state index contributed by atoms with van der Waals surface area (Å²) in [5.41, 5.74) is 1.77. The van der Waals surface area contributed by atoms with Crippen molar-refractivity contribution in [3.05, 3.63) is 35.4 Å². The Bertz CT molecular complexity index is 368. The van der Waals surface area contributed by atoms with E-state index >= 15 is 0 Å². The molecule has 15 heavy (non-hydrogen) atoms. The van der Waals surface area contributed by atoms with Crippen molar-refractivity contribution < 1.29 is 9.00 Å². The van der Waals surface area contributed by atoms with Crippen molar-refractivity contribution in [2.24, 2.45) is 0 Å². The highest BCUT2D eigenvalue weighted by atomic mass is 32.2. The molecule has 0 amide bonds. The Kier molecular flexibility index (Phi) is 4.21. The molecule has 0 heterocycles. The third-order valence-electron chi connectivity index (χ3n) is 2.38. The summed E-state index contributed by atoms with van der Waals surface area (Å²) in [4.78, 5) is 11.9. The number of aryl methyl sites for hydroxylation is 1. The highest BCUT2D eigenvalue weighted by Gasteiger charge is 2.19. The van der Waals surface area contributed by atoms with E-state index in [4.69, 9.17) is 0 Å². The first kappa shape index (κ1) is 12.1. The molecule has 0 fully saturated rings. The highest BCUT2D eigenvalue weighted by Crippen LogP contribution is 2.09. The Labute approximate surface area is 93.2 Å². The fourth-order valence-corrected chi connectivity index (χ4v) is 2.20. The number of rotatable bonds is 4. The van der Waals surface area contributed by atoms with Crippen LogP contribution in [0.1, 0.15) is 29.8 Å². The first-order valence-corrected chi connectivity index (χ1v) is 6.42. The quantitative estimate of drug-likeness (QED) is 0.736. The lowest BCUT2D eigenvalue weighted by molar-refractivity contribution is 0.0992. The Morgan fingerprint density at radius 3 is 2.33 bits per heavy atom. The van der Waals surface area contributed by atoms with E-state index in [-0.39, 0.29) is 5.78 Å². The van der Waals surface area contributed by atoms with Crippen LogP contribution < -0.4 is 0 Å². The number of carbonyl (C=O) groups is 1. The second-order valence-corrected chi connectivity index (χ2v) is 5.59. The molecule has 2 atom stereocenters. The van der Waals surface area contributed by atoms with Gasteiger partial charge in [0, 0.05) is 22.1 Å². The second kappa shape index (κ2) is 5.21. The van der Waals surface area contributed by atoms with E-state index in [1.807, 2.05) is 26.0 Å². The molecule has 82 valence electrons.